The van der Waals surface area contributed by atoms with Gasteiger partial charge in [0.05, 0.1) is 7.11 Å². The lowest BCUT2D eigenvalue weighted by atomic mass is 10.1. The van der Waals surface area contributed by atoms with E-state index >= 15 is 0 Å². The Bertz CT molecular complexity index is 328. The lowest BCUT2D eigenvalue weighted by Gasteiger charge is -2.10. The normalized spacial score (nSPS) is 12.4. The summed E-state index contributed by atoms with van der Waals surface area (Å²) in [5.74, 6) is 0.956. The van der Waals surface area contributed by atoms with Crippen molar-refractivity contribution in [3.8, 4) is 5.75 Å². The maximum atomic E-state index is 5.88. The SMILES string of the molecule is CCC(N)CCCCNCc1ccccc1OC. The molecule has 1 unspecified atom stereocenters. The third kappa shape index (κ3) is 5.52. The number of para-hydroxylation sites is 1. The zero-order valence-electron chi connectivity index (χ0n) is 11.6. The smallest absolute Gasteiger partial charge is 0.123 e. The Morgan fingerprint density at radius 2 is 2.06 bits per heavy atom. The number of benzene rings is 1. The first-order chi connectivity index (χ1) is 8.77. The predicted molar refractivity (Wildman–Crippen MR) is 76.8 cm³/mol. The molecule has 0 spiro atoms. The van der Waals surface area contributed by atoms with Gasteiger partial charge in [-0.05, 0) is 31.9 Å². The summed E-state index contributed by atoms with van der Waals surface area (Å²) in [6.07, 6.45) is 4.60. The molecule has 0 radical (unpaired) electrons. The molecule has 1 aromatic rings. The molecule has 0 saturated carbocycles. The average Bonchev–Trinajstić information content (AvgIpc) is 2.42. The van der Waals surface area contributed by atoms with Crippen LogP contribution in [0.4, 0.5) is 0 Å². The van der Waals surface area contributed by atoms with E-state index in [0.717, 1.165) is 31.7 Å². The summed E-state index contributed by atoms with van der Waals surface area (Å²) in [7, 11) is 1.71. The van der Waals surface area contributed by atoms with Crippen LogP contribution in [0, 0.1) is 0 Å². The van der Waals surface area contributed by atoms with Crippen molar-refractivity contribution in [2.24, 2.45) is 5.73 Å². The highest BCUT2D eigenvalue weighted by Gasteiger charge is 2.01. The molecular weight excluding hydrogens is 224 g/mol. The number of hydrogen-bond donors (Lipinski definition) is 2. The molecule has 102 valence electrons. The minimum atomic E-state index is 0.374. The molecule has 0 saturated heterocycles. The molecule has 0 heterocycles. The number of rotatable bonds is 9. The first-order valence-corrected chi connectivity index (χ1v) is 6.86. The Hall–Kier alpha value is -1.06. The van der Waals surface area contributed by atoms with Crippen LogP contribution < -0.4 is 15.8 Å². The second-order valence-corrected chi connectivity index (χ2v) is 4.65. The summed E-state index contributed by atoms with van der Waals surface area (Å²) >= 11 is 0. The highest BCUT2D eigenvalue weighted by atomic mass is 16.5. The van der Waals surface area contributed by atoms with Crippen LogP contribution in [0.3, 0.4) is 0 Å². The van der Waals surface area contributed by atoms with E-state index in [9.17, 15) is 0 Å². The average molecular weight is 250 g/mol. The van der Waals surface area contributed by atoms with Crippen molar-refractivity contribution >= 4 is 0 Å². The molecule has 1 aromatic carbocycles. The van der Waals surface area contributed by atoms with Crippen LogP contribution in [-0.4, -0.2) is 19.7 Å². The van der Waals surface area contributed by atoms with Gasteiger partial charge in [0.25, 0.3) is 0 Å². The van der Waals surface area contributed by atoms with Crippen molar-refractivity contribution < 1.29 is 4.74 Å². The van der Waals surface area contributed by atoms with Gasteiger partial charge in [0.2, 0.25) is 0 Å². The second-order valence-electron chi connectivity index (χ2n) is 4.65. The molecule has 3 nitrogen and oxygen atoms in total. The number of nitrogens with one attached hydrogen (secondary N) is 1. The maximum absolute atomic E-state index is 5.88. The molecule has 0 bridgehead atoms. The Morgan fingerprint density at radius 3 is 2.78 bits per heavy atom. The van der Waals surface area contributed by atoms with E-state index in [4.69, 9.17) is 10.5 Å². The van der Waals surface area contributed by atoms with Crippen LogP contribution in [-0.2, 0) is 6.54 Å². The van der Waals surface area contributed by atoms with E-state index in [2.05, 4.69) is 18.3 Å². The highest BCUT2D eigenvalue weighted by Crippen LogP contribution is 2.16. The zero-order valence-corrected chi connectivity index (χ0v) is 11.6. The molecule has 3 heteroatoms. The van der Waals surface area contributed by atoms with Crippen LogP contribution in [0.25, 0.3) is 0 Å². The van der Waals surface area contributed by atoms with Crippen molar-refractivity contribution in [3.63, 3.8) is 0 Å². The molecule has 0 aliphatic heterocycles. The van der Waals surface area contributed by atoms with Crippen LogP contribution in [0.5, 0.6) is 5.75 Å². The highest BCUT2D eigenvalue weighted by molar-refractivity contribution is 5.32. The van der Waals surface area contributed by atoms with Gasteiger partial charge in [-0.1, -0.05) is 31.5 Å². The number of nitrogens with two attached hydrogens (primary N) is 1. The minimum Gasteiger partial charge on any atom is -0.496 e. The Labute approximate surface area is 111 Å². The molecular formula is C15H26N2O. The van der Waals surface area contributed by atoms with Crippen LogP contribution in [0.15, 0.2) is 24.3 Å². The molecule has 0 fully saturated rings. The lowest BCUT2D eigenvalue weighted by molar-refractivity contribution is 0.407. The van der Waals surface area contributed by atoms with E-state index in [0.29, 0.717) is 6.04 Å². The second kappa shape index (κ2) is 8.95. The van der Waals surface area contributed by atoms with Gasteiger partial charge in [-0.3, -0.25) is 0 Å². The van der Waals surface area contributed by atoms with Crippen LogP contribution in [0.2, 0.25) is 0 Å². The summed E-state index contributed by atoms with van der Waals surface area (Å²) in [5, 5.41) is 3.45. The first kappa shape index (κ1) is 15.0. The largest absolute Gasteiger partial charge is 0.496 e. The van der Waals surface area contributed by atoms with Gasteiger partial charge in [-0.15, -0.1) is 0 Å². The van der Waals surface area contributed by atoms with Crippen molar-refractivity contribution in [2.45, 2.75) is 45.2 Å². The van der Waals surface area contributed by atoms with Gasteiger partial charge < -0.3 is 15.8 Å². The van der Waals surface area contributed by atoms with E-state index in [1.54, 1.807) is 7.11 Å². The molecule has 0 aliphatic rings. The fourth-order valence-electron chi connectivity index (χ4n) is 1.93. The quantitative estimate of drug-likeness (QED) is 0.662. The van der Waals surface area contributed by atoms with Gasteiger partial charge >= 0.3 is 0 Å². The van der Waals surface area contributed by atoms with E-state index in [-0.39, 0.29) is 0 Å². The van der Waals surface area contributed by atoms with E-state index < -0.39 is 0 Å². The van der Waals surface area contributed by atoms with Crippen molar-refractivity contribution in [1.82, 2.24) is 5.32 Å². The number of unbranched alkanes of at least 4 members (excludes halogenated alkanes) is 1. The van der Waals surface area contributed by atoms with Gasteiger partial charge in [-0.25, -0.2) is 0 Å². The molecule has 3 N–H and O–H groups in total. The van der Waals surface area contributed by atoms with Crippen molar-refractivity contribution in [2.75, 3.05) is 13.7 Å². The Kier molecular flexibility index (Phi) is 7.46. The van der Waals surface area contributed by atoms with E-state index in [1.807, 2.05) is 18.2 Å². The topological polar surface area (TPSA) is 47.3 Å². The van der Waals surface area contributed by atoms with Gasteiger partial charge in [0.1, 0.15) is 5.75 Å². The lowest BCUT2D eigenvalue weighted by Crippen LogP contribution is -2.19. The molecule has 1 rings (SSSR count). The third-order valence-electron chi connectivity index (χ3n) is 3.21. The van der Waals surface area contributed by atoms with Crippen molar-refractivity contribution in [3.05, 3.63) is 29.8 Å². The molecule has 0 aromatic heterocycles. The number of methoxy groups -OCH3 is 1. The van der Waals surface area contributed by atoms with Gasteiger partial charge in [-0.2, -0.15) is 0 Å². The molecule has 1 atom stereocenters. The molecule has 0 amide bonds. The minimum absolute atomic E-state index is 0.374. The standard InChI is InChI=1S/C15H26N2O/c1-3-14(16)9-6-7-11-17-12-13-8-4-5-10-15(13)18-2/h4-5,8,10,14,17H,3,6-7,9,11-12,16H2,1-2H3. The van der Waals surface area contributed by atoms with Crippen LogP contribution >= 0.6 is 0 Å². The number of hydrogen-bond acceptors (Lipinski definition) is 3. The predicted octanol–water partition coefficient (Wildman–Crippen LogP) is 2.69. The fraction of sp³-hybridized carbons (Fsp3) is 0.600. The van der Waals surface area contributed by atoms with Crippen LogP contribution in [0.1, 0.15) is 38.2 Å². The van der Waals surface area contributed by atoms with E-state index in [1.165, 1.54) is 18.4 Å². The van der Waals surface area contributed by atoms with Gasteiger partial charge in [0, 0.05) is 18.2 Å². The maximum Gasteiger partial charge on any atom is 0.123 e. The number of ether oxygens (including phenoxy) is 1. The van der Waals surface area contributed by atoms with Gasteiger partial charge in [0.15, 0.2) is 0 Å². The monoisotopic (exact) mass is 250 g/mol. The summed E-state index contributed by atoms with van der Waals surface area (Å²) in [6, 6.07) is 8.50. The zero-order chi connectivity index (χ0) is 13.2. The molecule has 0 aliphatic carbocycles. The molecule has 18 heavy (non-hydrogen) atoms. The Balaban J connectivity index is 2.14. The summed E-state index contributed by atoms with van der Waals surface area (Å²) in [4.78, 5) is 0. The van der Waals surface area contributed by atoms with Crippen molar-refractivity contribution in [1.29, 1.82) is 0 Å². The summed E-state index contributed by atoms with van der Waals surface area (Å²) in [5.41, 5.74) is 7.09. The summed E-state index contributed by atoms with van der Waals surface area (Å²) < 4.78 is 5.31. The summed E-state index contributed by atoms with van der Waals surface area (Å²) in [6.45, 7) is 4.04. The first-order valence-electron chi connectivity index (χ1n) is 6.86. The Morgan fingerprint density at radius 1 is 1.28 bits per heavy atom. The third-order valence-corrected chi connectivity index (χ3v) is 3.21. The fourth-order valence-corrected chi connectivity index (χ4v) is 1.93.